The van der Waals surface area contributed by atoms with Gasteiger partial charge in [-0.25, -0.2) is 0 Å². The maximum absolute atomic E-state index is 12.2. The molecule has 4 aliphatic heterocycles. The van der Waals surface area contributed by atoms with Crippen LogP contribution in [0.25, 0.3) is 0 Å². The van der Waals surface area contributed by atoms with Gasteiger partial charge in [0.2, 0.25) is 0 Å². The molecule has 4 heteroatoms. The van der Waals surface area contributed by atoms with Crippen molar-refractivity contribution in [3.63, 3.8) is 0 Å². The Morgan fingerprint density at radius 2 is 1.80 bits per heavy atom. The molecule has 5 aliphatic rings. The van der Waals surface area contributed by atoms with E-state index in [9.17, 15) is 9.90 Å². The first-order valence-corrected chi connectivity index (χ1v) is 12.4. The molecular weight excluding hydrogens is 372 g/mol. The zero-order valence-corrected chi connectivity index (χ0v) is 18.3. The van der Waals surface area contributed by atoms with Gasteiger partial charge in [-0.2, -0.15) is 0 Å². The highest BCUT2D eigenvalue weighted by molar-refractivity contribution is 5.76. The summed E-state index contributed by atoms with van der Waals surface area (Å²) in [5.41, 5.74) is -0.0582. The number of allylic oxidation sites excluding steroid dienone is 4. The summed E-state index contributed by atoms with van der Waals surface area (Å²) in [6.45, 7) is 4.33. The lowest BCUT2D eigenvalue weighted by atomic mass is 9.55. The minimum absolute atomic E-state index is 0.0187. The number of piperidine rings is 1. The highest BCUT2D eigenvalue weighted by atomic mass is 16.3. The molecule has 1 aliphatic carbocycles. The van der Waals surface area contributed by atoms with Gasteiger partial charge in [-0.1, -0.05) is 24.3 Å². The number of carbonyl (C=O) groups is 1. The molecule has 6 atom stereocenters. The molecule has 0 amide bonds. The molecule has 1 N–H and O–H groups in total. The molecule has 0 aromatic carbocycles. The summed E-state index contributed by atoms with van der Waals surface area (Å²) >= 11 is 0. The van der Waals surface area contributed by atoms with Crippen molar-refractivity contribution in [1.29, 1.82) is 0 Å². The van der Waals surface area contributed by atoms with E-state index in [-0.39, 0.29) is 11.5 Å². The van der Waals surface area contributed by atoms with Crippen molar-refractivity contribution in [2.45, 2.75) is 81.9 Å². The average Bonchev–Trinajstić information content (AvgIpc) is 3.01. The van der Waals surface area contributed by atoms with Crippen LogP contribution in [-0.4, -0.2) is 65.1 Å². The molecule has 0 aromatic rings. The van der Waals surface area contributed by atoms with Gasteiger partial charge in [-0.15, -0.1) is 0 Å². The standard InChI is InChI=1S/C26H38N2O2/c29-19-21-17-26(30)13-8-4-1-2-5-9-14-27-16-12-23(21)25(20-27)18-22-11-7-3-6-10-15-28(22)24(25)26/h1,4,7,11,17,19,22-24,30H,2-3,5-6,8-10,12-16,18,20H2/b4-1-,11-7-/t22-,23-,24+,25-,26-/m0/s1. The fourth-order valence-corrected chi connectivity index (χ4v) is 7.53. The third kappa shape index (κ3) is 3.45. The molecule has 0 aromatic heterocycles. The van der Waals surface area contributed by atoms with Crippen molar-refractivity contribution in [3.05, 3.63) is 36.0 Å². The number of nitrogens with zero attached hydrogens (tertiary/aromatic N) is 2. The Bertz CT molecular complexity index is 743. The highest BCUT2D eigenvalue weighted by Gasteiger charge is 2.65. The van der Waals surface area contributed by atoms with E-state index < -0.39 is 5.60 Å². The number of hydrogen-bond donors (Lipinski definition) is 1. The van der Waals surface area contributed by atoms with Crippen molar-refractivity contribution in [3.8, 4) is 0 Å². The van der Waals surface area contributed by atoms with Crippen molar-refractivity contribution in [1.82, 2.24) is 9.80 Å². The first-order valence-electron chi connectivity index (χ1n) is 12.4. The lowest BCUT2D eigenvalue weighted by Gasteiger charge is -2.57. The van der Waals surface area contributed by atoms with Crippen LogP contribution in [0.15, 0.2) is 36.0 Å². The van der Waals surface area contributed by atoms with Gasteiger partial charge in [-0.05, 0) is 101 Å². The summed E-state index contributed by atoms with van der Waals surface area (Å²) in [6.07, 6.45) is 23.4. The minimum Gasteiger partial charge on any atom is -0.384 e. The number of hydrogen-bond acceptors (Lipinski definition) is 4. The topological polar surface area (TPSA) is 43.8 Å². The lowest BCUT2D eigenvalue weighted by Crippen LogP contribution is -2.66. The van der Waals surface area contributed by atoms with Gasteiger partial charge in [0.15, 0.2) is 0 Å². The number of fused-ring (bicyclic) bond motifs is 2. The maximum atomic E-state index is 12.2. The van der Waals surface area contributed by atoms with Crippen molar-refractivity contribution < 1.29 is 9.90 Å². The average molecular weight is 411 g/mol. The zero-order chi connectivity index (χ0) is 20.6. The van der Waals surface area contributed by atoms with Crippen molar-refractivity contribution >= 4 is 6.29 Å². The fraction of sp³-hybridized carbons (Fsp3) is 0.731. The minimum atomic E-state index is -0.921. The van der Waals surface area contributed by atoms with Crippen LogP contribution < -0.4 is 0 Å². The van der Waals surface area contributed by atoms with Crippen LogP contribution in [0.3, 0.4) is 0 Å². The van der Waals surface area contributed by atoms with Gasteiger partial charge in [-0.3, -0.25) is 9.69 Å². The van der Waals surface area contributed by atoms with E-state index in [0.717, 1.165) is 63.7 Å². The second-order valence-corrected chi connectivity index (χ2v) is 10.4. The molecule has 164 valence electrons. The molecule has 30 heavy (non-hydrogen) atoms. The third-order valence-electron chi connectivity index (χ3n) is 8.63. The summed E-state index contributed by atoms with van der Waals surface area (Å²) in [7, 11) is 0. The highest BCUT2D eigenvalue weighted by Crippen LogP contribution is 2.59. The zero-order valence-electron chi connectivity index (χ0n) is 18.3. The molecule has 5 rings (SSSR count). The summed E-state index contributed by atoms with van der Waals surface area (Å²) in [5.74, 6) is 0.291. The van der Waals surface area contributed by atoms with Crippen LogP contribution in [0.2, 0.25) is 0 Å². The molecule has 3 bridgehead atoms. The van der Waals surface area contributed by atoms with Crippen LogP contribution in [0.4, 0.5) is 0 Å². The Morgan fingerprint density at radius 1 is 1.00 bits per heavy atom. The van der Waals surface area contributed by atoms with Crippen molar-refractivity contribution in [2.24, 2.45) is 11.3 Å². The molecule has 1 spiro atoms. The first-order chi connectivity index (χ1) is 14.7. The SMILES string of the molecule is O=CC1=C[C@@]2(O)CC/C=C\CCCCN3CC[C@@H]1[C@]1(C[C@@H]4/C=C\CCCCN4[C@H]12)C3. The summed E-state index contributed by atoms with van der Waals surface area (Å²) in [4.78, 5) is 17.5. The molecule has 2 fully saturated rings. The maximum Gasteiger partial charge on any atom is 0.146 e. The largest absolute Gasteiger partial charge is 0.384 e. The Labute approximate surface area is 181 Å². The number of carbonyl (C=O) groups excluding carboxylic acids is 1. The number of aliphatic hydroxyl groups is 1. The van der Waals surface area contributed by atoms with Crippen LogP contribution in [-0.2, 0) is 4.79 Å². The normalized spacial score (nSPS) is 46.6. The van der Waals surface area contributed by atoms with E-state index in [0.29, 0.717) is 18.4 Å². The van der Waals surface area contributed by atoms with Gasteiger partial charge in [0, 0.05) is 18.0 Å². The predicted molar refractivity (Wildman–Crippen MR) is 120 cm³/mol. The predicted octanol–water partition coefficient (Wildman–Crippen LogP) is 3.87. The van der Waals surface area contributed by atoms with Crippen LogP contribution in [0.5, 0.6) is 0 Å². The summed E-state index contributed by atoms with van der Waals surface area (Å²) in [5, 5.41) is 12.2. The molecule has 1 unspecified atom stereocenters. The van der Waals surface area contributed by atoms with Crippen LogP contribution in [0.1, 0.15) is 64.2 Å². The fourth-order valence-electron chi connectivity index (χ4n) is 7.53. The van der Waals surface area contributed by atoms with Crippen molar-refractivity contribution in [2.75, 3.05) is 26.2 Å². The Hall–Kier alpha value is -1.23. The van der Waals surface area contributed by atoms with E-state index in [4.69, 9.17) is 0 Å². The van der Waals surface area contributed by atoms with Gasteiger partial charge in [0.25, 0.3) is 0 Å². The number of rotatable bonds is 1. The molecular formula is C26H38N2O2. The first kappa shape index (κ1) is 20.7. The van der Waals surface area contributed by atoms with E-state index in [1.54, 1.807) is 0 Å². The molecule has 2 saturated heterocycles. The quantitative estimate of drug-likeness (QED) is 0.526. The third-order valence-corrected chi connectivity index (χ3v) is 8.63. The van der Waals surface area contributed by atoms with Gasteiger partial charge in [0.1, 0.15) is 6.29 Å². The van der Waals surface area contributed by atoms with Gasteiger partial charge >= 0.3 is 0 Å². The second kappa shape index (κ2) is 8.37. The molecule has 0 saturated carbocycles. The van der Waals surface area contributed by atoms with E-state index in [1.807, 2.05) is 6.08 Å². The summed E-state index contributed by atoms with van der Waals surface area (Å²) < 4.78 is 0. The summed E-state index contributed by atoms with van der Waals surface area (Å²) in [6, 6.07) is 0.510. The van der Waals surface area contributed by atoms with Gasteiger partial charge in [0.05, 0.1) is 11.6 Å². The van der Waals surface area contributed by atoms with E-state index >= 15 is 0 Å². The van der Waals surface area contributed by atoms with Crippen LogP contribution >= 0.6 is 0 Å². The van der Waals surface area contributed by atoms with Gasteiger partial charge < -0.3 is 10.0 Å². The molecule has 0 radical (unpaired) electrons. The van der Waals surface area contributed by atoms with Crippen LogP contribution in [0, 0.1) is 11.3 Å². The number of aldehydes is 1. The second-order valence-electron chi connectivity index (χ2n) is 10.4. The molecule has 4 heterocycles. The smallest absolute Gasteiger partial charge is 0.146 e. The lowest BCUT2D eigenvalue weighted by molar-refractivity contribution is -0.114. The Kier molecular flexibility index (Phi) is 5.76. The Balaban J connectivity index is 1.63. The monoisotopic (exact) mass is 410 g/mol. The van der Waals surface area contributed by atoms with E-state index in [1.165, 1.54) is 32.1 Å². The molecule has 4 nitrogen and oxygen atoms in total. The Morgan fingerprint density at radius 3 is 2.67 bits per heavy atom. The van der Waals surface area contributed by atoms with E-state index in [2.05, 4.69) is 34.1 Å².